The lowest BCUT2D eigenvalue weighted by atomic mass is 9.95. The molecule has 0 radical (unpaired) electrons. The summed E-state index contributed by atoms with van der Waals surface area (Å²) in [5.41, 5.74) is 8.33. The van der Waals surface area contributed by atoms with Gasteiger partial charge in [-0.2, -0.15) is 0 Å². The number of benzene rings is 2. The summed E-state index contributed by atoms with van der Waals surface area (Å²) in [6.07, 6.45) is 1.82. The lowest BCUT2D eigenvalue weighted by molar-refractivity contribution is 0.503. The van der Waals surface area contributed by atoms with Gasteiger partial charge in [-0.1, -0.05) is 18.2 Å². The fraction of sp³-hybridized carbons (Fsp3) is 0.250. The Hall–Kier alpha value is -2.10. The highest BCUT2D eigenvalue weighted by molar-refractivity contribution is 5.78. The van der Waals surface area contributed by atoms with Gasteiger partial charge < -0.3 is 10.6 Å². The van der Waals surface area contributed by atoms with Crippen LogP contribution >= 0.6 is 0 Å². The van der Waals surface area contributed by atoms with Crippen molar-refractivity contribution in [1.82, 2.24) is 0 Å². The summed E-state index contributed by atoms with van der Waals surface area (Å²) in [6.45, 7) is 2.00. The molecule has 104 valence electrons. The predicted molar refractivity (Wildman–Crippen MR) is 77.1 cm³/mol. The third kappa shape index (κ3) is 1.92. The van der Waals surface area contributed by atoms with Crippen LogP contribution in [0.4, 0.5) is 25.8 Å². The van der Waals surface area contributed by atoms with Gasteiger partial charge in [0.05, 0.1) is 5.69 Å². The maximum absolute atomic E-state index is 14.2. The van der Waals surface area contributed by atoms with Gasteiger partial charge in [0, 0.05) is 11.7 Å². The van der Waals surface area contributed by atoms with E-state index in [1.807, 2.05) is 36.1 Å². The summed E-state index contributed by atoms with van der Waals surface area (Å²) >= 11 is 0. The summed E-state index contributed by atoms with van der Waals surface area (Å²) in [5, 5.41) is 0. The minimum absolute atomic E-state index is 0.0727. The van der Waals surface area contributed by atoms with E-state index >= 15 is 0 Å². The van der Waals surface area contributed by atoms with Crippen LogP contribution in [0.2, 0.25) is 0 Å². The van der Waals surface area contributed by atoms with Gasteiger partial charge in [0.15, 0.2) is 11.6 Å². The fourth-order valence-corrected chi connectivity index (χ4v) is 2.83. The molecule has 1 atom stereocenters. The van der Waals surface area contributed by atoms with E-state index in [-0.39, 0.29) is 17.4 Å². The molecular weight excluding hydrogens is 258 g/mol. The molecule has 1 aliphatic rings. The van der Waals surface area contributed by atoms with Gasteiger partial charge in [0.1, 0.15) is 5.69 Å². The van der Waals surface area contributed by atoms with Crippen molar-refractivity contribution in [1.29, 1.82) is 0 Å². The van der Waals surface area contributed by atoms with E-state index in [0.29, 0.717) is 0 Å². The molecule has 3 rings (SSSR count). The molecule has 0 aromatic heterocycles. The van der Waals surface area contributed by atoms with Gasteiger partial charge in [-0.3, -0.25) is 0 Å². The number of rotatable bonds is 1. The number of aryl methyl sites for hydroxylation is 1. The van der Waals surface area contributed by atoms with E-state index < -0.39 is 11.6 Å². The highest BCUT2D eigenvalue weighted by Gasteiger charge is 2.28. The molecule has 1 aliphatic heterocycles. The summed E-state index contributed by atoms with van der Waals surface area (Å²) in [6, 6.07) is 10.3. The van der Waals surface area contributed by atoms with Crippen LogP contribution in [0, 0.1) is 11.6 Å². The average molecular weight is 274 g/mol. The van der Waals surface area contributed by atoms with Crippen molar-refractivity contribution in [3.05, 3.63) is 53.6 Å². The van der Waals surface area contributed by atoms with Crippen molar-refractivity contribution in [3.63, 3.8) is 0 Å². The normalized spacial score (nSPS) is 17.9. The molecule has 0 amide bonds. The van der Waals surface area contributed by atoms with Crippen molar-refractivity contribution in [2.45, 2.75) is 25.8 Å². The van der Waals surface area contributed by atoms with Crippen LogP contribution in [0.1, 0.15) is 18.9 Å². The number of anilines is 3. The molecule has 2 nitrogen and oxygen atoms in total. The molecule has 2 aromatic carbocycles. The van der Waals surface area contributed by atoms with Gasteiger partial charge in [-0.15, -0.1) is 0 Å². The van der Waals surface area contributed by atoms with Gasteiger partial charge in [-0.05, 0) is 43.5 Å². The second-order valence-electron chi connectivity index (χ2n) is 5.19. The molecule has 4 heteroatoms. The van der Waals surface area contributed by atoms with Gasteiger partial charge in [0.25, 0.3) is 0 Å². The largest absolute Gasteiger partial charge is 0.397 e. The molecule has 0 aliphatic carbocycles. The van der Waals surface area contributed by atoms with Crippen molar-refractivity contribution in [2.24, 2.45) is 0 Å². The first-order valence-electron chi connectivity index (χ1n) is 6.70. The Morgan fingerprint density at radius 1 is 1.15 bits per heavy atom. The Morgan fingerprint density at radius 3 is 2.70 bits per heavy atom. The monoisotopic (exact) mass is 274 g/mol. The molecular formula is C16H16F2N2. The minimum Gasteiger partial charge on any atom is -0.397 e. The third-order valence-corrected chi connectivity index (χ3v) is 3.86. The van der Waals surface area contributed by atoms with E-state index in [1.54, 1.807) is 0 Å². The Labute approximate surface area is 116 Å². The second kappa shape index (κ2) is 4.78. The third-order valence-electron chi connectivity index (χ3n) is 3.86. The highest BCUT2D eigenvalue weighted by atomic mass is 19.2. The number of nitrogens with zero attached hydrogens (tertiary/aromatic N) is 1. The zero-order valence-corrected chi connectivity index (χ0v) is 11.2. The Kier molecular flexibility index (Phi) is 3.08. The number of hydrogen-bond acceptors (Lipinski definition) is 2. The van der Waals surface area contributed by atoms with E-state index in [0.717, 1.165) is 30.2 Å². The summed E-state index contributed by atoms with van der Waals surface area (Å²) in [7, 11) is 0. The van der Waals surface area contributed by atoms with Gasteiger partial charge >= 0.3 is 0 Å². The molecule has 2 N–H and O–H groups in total. The smallest absolute Gasteiger partial charge is 0.184 e. The van der Waals surface area contributed by atoms with Crippen LogP contribution in [-0.2, 0) is 6.42 Å². The summed E-state index contributed by atoms with van der Waals surface area (Å²) < 4.78 is 27.8. The maximum Gasteiger partial charge on any atom is 0.184 e. The molecule has 1 unspecified atom stereocenters. The van der Waals surface area contributed by atoms with E-state index in [9.17, 15) is 8.78 Å². The number of hydrogen-bond donors (Lipinski definition) is 1. The average Bonchev–Trinajstić information content (AvgIpc) is 2.45. The Morgan fingerprint density at radius 2 is 1.90 bits per heavy atom. The number of para-hydroxylation sites is 1. The minimum atomic E-state index is -0.881. The van der Waals surface area contributed by atoms with Gasteiger partial charge in [0.2, 0.25) is 0 Å². The molecule has 20 heavy (non-hydrogen) atoms. The van der Waals surface area contributed by atoms with Crippen molar-refractivity contribution >= 4 is 17.1 Å². The van der Waals surface area contributed by atoms with E-state index in [2.05, 4.69) is 0 Å². The number of fused-ring (bicyclic) bond motifs is 1. The standard InChI is InChI=1S/C16H16F2N2/c1-10-6-7-11-4-2-3-5-14(11)20(10)16-13(19)9-8-12(17)15(16)18/h2-5,8-10H,6-7,19H2,1H3. The van der Waals surface area contributed by atoms with Crippen LogP contribution in [0.5, 0.6) is 0 Å². The fourth-order valence-electron chi connectivity index (χ4n) is 2.83. The van der Waals surface area contributed by atoms with Crippen molar-refractivity contribution < 1.29 is 8.78 Å². The molecule has 2 aromatic rings. The zero-order valence-electron chi connectivity index (χ0n) is 11.2. The first kappa shape index (κ1) is 12.9. The maximum atomic E-state index is 14.2. The molecule has 0 saturated heterocycles. The molecule has 0 spiro atoms. The topological polar surface area (TPSA) is 29.3 Å². The van der Waals surface area contributed by atoms with Crippen LogP contribution in [0.25, 0.3) is 0 Å². The Balaban J connectivity index is 2.22. The second-order valence-corrected chi connectivity index (χ2v) is 5.19. The first-order chi connectivity index (χ1) is 9.59. The number of nitrogens with two attached hydrogens (primary N) is 1. The van der Waals surface area contributed by atoms with Gasteiger partial charge in [-0.25, -0.2) is 8.78 Å². The highest BCUT2D eigenvalue weighted by Crippen LogP contribution is 2.41. The summed E-state index contributed by atoms with van der Waals surface area (Å²) in [5.74, 6) is -1.75. The lowest BCUT2D eigenvalue weighted by Gasteiger charge is -2.37. The Bertz CT molecular complexity index is 655. The van der Waals surface area contributed by atoms with Crippen molar-refractivity contribution in [2.75, 3.05) is 10.6 Å². The SMILES string of the molecule is CC1CCc2ccccc2N1c1c(N)ccc(F)c1F. The number of halogens is 2. The molecule has 0 bridgehead atoms. The zero-order chi connectivity index (χ0) is 14.3. The number of nitrogen functional groups attached to an aromatic ring is 1. The molecule has 1 heterocycles. The summed E-state index contributed by atoms with van der Waals surface area (Å²) in [4.78, 5) is 1.81. The molecule has 0 saturated carbocycles. The molecule has 0 fully saturated rings. The van der Waals surface area contributed by atoms with E-state index in [4.69, 9.17) is 5.73 Å². The van der Waals surface area contributed by atoms with E-state index in [1.165, 1.54) is 6.07 Å². The predicted octanol–water partition coefficient (Wildman–Crippen LogP) is 4.02. The first-order valence-corrected chi connectivity index (χ1v) is 6.70. The lowest BCUT2D eigenvalue weighted by Crippen LogP contribution is -2.34. The van der Waals surface area contributed by atoms with Crippen LogP contribution < -0.4 is 10.6 Å². The van der Waals surface area contributed by atoms with Crippen LogP contribution in [-0.4, -0.2) is 6.04 Å². The van der Waals surface area contributed by atoms with Crippen LogP contribution in [0.15, 0.2) is 36.4 Å². The quantitative estimate of drug-likeness (QED) is 0.796. The van der Waals surface area contributed by atoms with Crippen LogP contribution in [0.3, 0.4) is 0 Å². The van der Waals surface area contributed by atoms with Crippen molar-refractivity contribution in [3.8, 4) is 0 Å².